The number of hydrogen-bond donors (Lipinski definition) is 3. The minimum atomic E-state index is -1.23. The SMILES string of the molecule is Cc1c2c(c3c(O)c(C(=O)NCC(=O)O)c(=O)n(C)n13)CCC2. The second-order valence-corrected chi connectivity index (χ2v) is 5.69. The van der Waals surface area contributed by atoms with Crippen molar-refractivity contribution >= 4 is 17.4 Å². The van der Waals surface area contributed by atoms with Gasteiger partial charge in [0.2, 0.25) is 0 Å². The number of carbonyl (C=O) groups is 2. The number of carboxylic acids is 1. The predicted octanol–water partition coefficient (Wildman–Crippen LogP) is -0.0449. The Kier molecular flexibility index (Phi) is 3.39. The van der Waals surface area contributed by atoms with Crippen LogP contribution in [0.4, 0.5) is 0 Å². The van der Waals surface area contributed by atoms with Gasteiger partial charge in [-0.15, -0.1) is 0 Å². The quantitative estimate of drug-likeness (QED) is 0.734. The van der Waals surface area contributed by atoms with Crippen molar-refractivity contribution in [3.63, 3.8) is 0 Å². The summed E-state index contributed by atoms with van der Waals surface area (Å²) in [5.41, 5.74) is 2.28. The van der Waals surface area contributed by atoms with Gasteiger partial charge in [-0.1, -0.05) is 0 Å². The van der Waals surface area contributed by atoms with Crippen molar-refractivity contribution in [2.75, 3.05) is 6.54 Å². The summed E-state index contributed by atoms with van der Waals surface area (Å²) < 4.78 is 2.90. The molecule has 1 aliphatic carbocycles. The highest BCUT2D eigenvalue weighted by Gasteiger charge is 2.29. The van der Waals surface area contributed by atoms with Gasteiger partial charge in [0.1, 0.15) is 17.6 Å². The molecule has 0 spiro atoms. The summed E-state index contributed by atoms with van der Waals surface area (Å²) in [5.74, 6) is -2.50. The Morgan fingerprint density at radius 1 is 1.26 bits per heavy atom. The maximum atomic E-state index is 12.4. The average molecular weight is 319 g/mol. The summed E-state index contributed by atoms with van der Waals surface area (Å²) in [6.07, 6.45) is 2.61. The third-order valence-corrected chi connectivity index (χ3v) is 4.37. The summed E-state index contributed by atoms with van der Waals surface area (Å²) in [7, 11) is 1.52. The van der Waals surface area contributed by atoms with Gasteiger partial charge in [-0.3, -0.25) is 18.9 Å². The third-order valence-electron chi connectivity index (χ3n) is 4.37. The minimum absolute atomic E-state index is 0.387. The van der Waals surface area contributed by atoms with Crippen LogP contribution in [0.3, 0.4) is 0 Å². The fraction of sp³-hybridized carbons (Fsp3) is 0.400. The normalized spacial score (nSPS) is 13.3. The molecule has 3 rings (SSSR count). The van der Waals surface area contributed by atoms with Crippen LogP contribution in [0.2, 0.25) is 0 Å². The zero-order valence-corrected chi connectivity index (χ0v) is 12.8. The zero-order chi connectivity index (χ0) is 16.9. The molecular formula is C15H17N3O5. The molecule has 8 heteroatoms. The van der Waals surface area contributed by atoms with Crippen molar-refractivity contribution in [1.82, 2.24) is 14.5 Å². The van der Waals surface area contributed by atoms with Gasteiger partial charge < -0.3 is 15.5 Å². The van der Waals surface area contributed by atoms with E-state index in [0.29, 0.717) is 5.52 Å². The number of amides is 1. The van der Waals surface area contributed by atoms with Gasteiger partial charge >= 0.3 is 5.97 Å². The lowest BCUT2D eigenvalue weighted by Gasteiger charge is -2.13. The van der Waals surface area contributed by atoms with Crippen molar-refractivity contribution in [3.05, 3.63) is 32.7 Å². The molecule has 1 aliphatic rings. The molecule has 0 bridgehead atoms. The lowest BCUT2D eigenvalue weighted by Crippen LogP contribution is -2.36. The number of rotatable bonds is 3. The van der Waals surface area contributed by atoms with E-state index in [4.69, 9.17) is 5.11 Å². The summed E-state index contributed by atoms with van der Waals surface area (Å²) in [4.78, 5) is 35.2. The van der Waals surface area contributed by atoms with E-state index in [0.717, 1.165) is 36.1 Å². The second kappa shape index (κ2) is 5.15. The summed E-state index contributed by atoms with van der Waals surface area (Å²) in [5, 5.41) is 21.3. The van der Waals surface area contributed by atoms with E-state index < -0.39 is 29.5 Å². The van der Waals surface area contributed by atoms with E-state index in [9.17, 15) is 19.5 Å². The smallest absolute Gasteiger partial charge is 0.322 e. The fourth-order valence-corrected chi connectivity index (χ4v) is 3.37. The first-order valence-corrected chi connectivity index (χ1v) is 7.29. The van der Waals surface area contributed by atoms with Crippen LogP contribution in [0.5, 0.6) is 5.75 Å². The summed E-state index contributed by atoms with van der Waals surface area (Å²) in [6, 6.07) is 0. The van der Waals surface area contributed by atoms with E-state index in [2.05, 4.69) is 5.32 Å². The maximum absolute atomic E-state index is 12.4. The molecule has 8 nitrogen and oxygen atoms in total. The van der Waals surface area contributed by atoms with E-state index in [1.54, 1.807) is 4.52 Å². The number of aromatic hydroxyl groups is 1. The average Bonchev–Trinajstić information content (AvgIpc) is 3.05. The number of fused-ring (bicyclic) bond motifs is 3. The molecule has 0 fully saturated rings. The molecule has 0 aliphatic heterocycles. The van der Waals surface area contributed by atoms with Crippen molar-refractivity contribution in [2.45, 2.75) is 26.2 Å². The lowest BCUT2D eigenvalue weighted by molar-refractivity contribution is -0.135. The molecule has 0 aromatic carbocycles. The van der Waals surface area contributed by atoms with Gasteiger partial charge in [0.05, 0.1) is 0 Å². The van der Waals surface area contributed by atoms with Gasteiger partial charge in [0.15, 0.2) is 5.75 Å². The highest BCUT2D eigenvalue weighted by atomic mass is 16.4. The number of carboxylic acid groups (broad SMARTS) is 1. The molecule has 0 saturated carbocycles. The molecule has 0 saturated heterocycles. The van der Waals surface area contributed by atoms with E-state index >= 15 is 0 Å². The number of aryl methyl sites for hydroxylation is 3. The van der Waals surface area contributed by atoms with Gasteiger partial charge in [0.25, 0.3) is 11.5 Å². The van der Waals surface area contributed by atoms with Crippen LogP contribution >= 0.6 is 0 Å². The number of aromatic nitrogens is 2. The zero-order valence-electron chi connectivity index (χ0n) is 12.8. The molecule has 0 radical (unpaired) electrons. The van der Waals surface area contributed by atoms with Crippen molar-refractivity contribution in [3.8, 4) is 5.75 Å². The number of nitrogens with zero attached hydrogens (tertiary/aromatic N) is 2. The van der Waals surface area contributed by atoms with Crippen molar-refractivity contribution in [2.24, 2.45) is 7.05 Å². The van der Waals surface area contributed by atoms with Crippen LogP contribution in [0, 0.1) is 6.92 Å². The number of aliphatic carboxylic acids is 1. The molecule has 122 valence electrons. The van der Waals surface area contributed by atoms with Gasteiger partial charge in [-0.25, -0.2) is 4.68 Å². The molecule has 2 heterocycles. The minimum Gasteiger partial charge on any atom is -0.505 e. The first-order valence-electron chi connectivity index (χ1n) is 7.29. The Hall–Kier alpha value is -2.77. The maximum Gasteiger partial charge on any atom is 0.322 e. The Morgan fingerprint density at radius 3 is 2.57 bits per heavy atom. The molecule has 2 aromatic heterocycles. The summed E-state index contributed by atoms with van der Waals surface area (Å²) >= 11 is 0. The Bertz CT molecular complexity index is 906. The van der Waals surface area contributed by atoms with Crippen LogP contribution < -0.4 is 10.9 Å². The number of hydrogen-bond acceptors (Lipinski definition) is 4. The van der Waals surface area contributed by atoms with E-state index in [-0.39, 0.29) is 5.75 Å². The van der Waals surface area contributed by atoms with Crippen LogP contribution in [-0.2, 0) is 24.7 Å². The van der Waals surface area contributed by atoms with Crippen LogP contribution in [0.25, 0.3) is 5.52 Å². The molecule has 23 heavy (non-hydrogen) atoms. The van der Waals surface area contributed by atoms with E-state index in [1.165, 1.54) is 11.7 Å². The van der Waals surface area contributed by atoms with Gasteiger partial charge in [-0.05, 0) is 37.3 Å². The first kappa shape index (κ1) is 15.1. The molecular weight excluding hydrogens is 302 g/mol. The predicted molar refractivity (Wildman–Crippen MR) is 81.0 cm³/mol. The van der Waals surface area contributed by atoms with Gasteiger partial charge in [-0.2, -0.15) is 0 Å². The molecule has 2 aromatic rings. The van der Waals surface area contributed by atoms with Crippen LogP contribution in [-0.4, -0.2) is 37.8 Å². The molecule has 0 unspecified atom stereocenters. The second-order valence-electron chi connectivity index (χ2n) is 5.69. The molecule has 1 amide bonds. The molecule has 0 atom stereocenters. The first-order chi connectivity index (χ1) is 10.8. The Labute approximate surface area is 130 Å². The Balaban J connectivity index is 2.27. The summed E-state index contributed by atoms with van der Waals surface area (Å²) in [6.45, 7) is 1.25. The fourth-order valence-electron chi connectivity index (χ4n) is 3.37. The highest BCUT2D eigenvalue weighted by molar-refractivity contribution is 6.00. The third kappa shape index (κ3) is 2.09. The van der Waals surface area contributed by atoms with Crippen molar-refractivity contribution < 1.29 is 19.8 Å². The monoisotopic (exact) mass is 319 g/mol. The number of nitrogens with one attached hydrogen (secondary N) is 1. The lowest BCUT2D eigenvalue weighted by atomic mass is 10.1. The van der Waals surface area contributed by atoms with Crippen LogP contribution in [0.1, 0.15) is 33.6 Å². The molecule has 3 N–H and O–H groups in total. The van der Waals surface area contributed by atoms with Crippen LogP contribution in [0.15, 0.2) is 4.79 Å². The Morgan fingerprint density at radius 2 is 1.91 bits per heavy atom. The largest absolute Gasteiger partial charge is 0.505 e. The highest BCUT2D eigenvalue weighted by Crippen LogP contribution is 2.36. The topological polar surface area (TPSA) is 113 Å². The number of carbonyl (C=O) groups excluding carboxylic acids is 1. The van der Waals surface area contributed by atoms with Crippen molar-refractivity contribution in [1.29, 1.82) is 0 Å². The van der Waals surface area contributed by atoms with Gasteiger partial charge in [0, 0.05) is 12.7 Å². The standard InChI is InChI=1S/C15H17N3O5/c1-7-8-4-3-5-9(8)12-13(21)11(14(22)16-6-10(19)20)15(23)17(2)18(7)12/h21H,3-6H2,1-2H3,(H,16,22)(H,19,20). The van der Waals surface area contributed by atoms with E-state index in [1.807, 2.05) is 6.92 Å².